The number of aromatic nitrogens is 1. The van der Waals surface area contributed by atoms with Crippen molar-refractivity contribution in [3.05, 3.63) is 16.1 Å². The lowest BCUT2D eigenvalue weighted by Crippen LogP contribution is -2.52. The molecule has 1 aliphatic carbocycles. The number of ether oxygens (including phenoxy) is 1. The molecule has 1 aliphatic rings. The van der Waals surface area contributed by atoms with E-state index in [0.29, 0.717) is 6.04 Å². The van der Waals surface area contributed by atoms with Gasteiger partial charge in [0.05, 0.1) is 10.6 Å². The van der Waals surface area contributed by atoms with Crippen molar-refractivity contribution in [1.29, 1.82) is 0 Å². The van der Waals surface area contributed by atoms with Crippen LogP contribution in [0.4, 0.5) is 0 Å². The predicted octanol–water partition coefficient (Wildman–Crippen LogP) is 3.71. The van der Waals surface area contributed by atoms with Crippen LogP contribution in [0, 0.1) is 6.92 Å². The average Bonchev–Trinajstić information content (AvgIpc) is 3.05. The van der Waals surface area contributed by atoms with Crippen LogP contribution in [-0.2, 0) is 11.2 Å². The molecule has 1 heterocycles. The van der Waals surface area contributed by atoms with Gasteiger partial charge in [-0.05, 0) is 39.7 Å². The van der Waals surface area contributed by atoms with Crippen molar-refractivity contribution in [3.63, 3.8) is 0 Å². The summed E-state index contributed by atoms with van der Waals surface area (Å²) < 4.78 is 6.24. The summed E-state index contributed by atoms with van der Waals surface area (Å²) >= 11 is 1.78. The molecule has 0 radical (unpaired) electrons. The highest BCUT2D eigenvalue weighted by molar-refractivity contribution is 7.09. The molecule has 1 N–H and O–H groups in total. The molecule has 20 heavy (non-hydrogen) atoms. The summed E-state index contributed by atoms with van der Waals surface area (Å²) in [6, 6.07) is 0.399. The fraction of sp³-hybridized carbons (Fsp3) is 0.812. The molecule has 114 valence electrons. The smallest absolute Gasteiger partial charge is 0.0944 e. The van der Waals surface area contributed by atoms with Crippen LogP contribution in [0.15, 0.2) is 5.38 Å². The predicted molar refractivity (Wildman–Crippen MR) is 85.5 cm³/mol. The van der Waals surface area contributed by atoms with E-state index < -0.39 is 0 Å². The molecule has 1 atom stereocenters. The van der Waals surface area contributed by atoms with Gasteiger partial charge in [-0.3, -0.25) is 0 Å². The lowest BCUT2D eigenvalue weighted by atomic mass is 9.89. The van der Waals surface area contributed by atoms with Crippen molar-refractivity contribution in [2.24, 2.45) is 0 Å². The van der Waals surface area contributed by atoms with Crippen molar-refractivity contribution in [2.45, 2.75) is 70.9 Å². The molecule has 1 unspecified atom stereocenters. The molecule has 1 fully saturated rings. The van der Waals surface area contributed by atoms with E-state index in [1.54, 1.807) is 11.3 Å². The van der Waals surface area contributed by atoms with Crippen LogP contribution in [0.2, 0.25) is 0 Å². The molecule has 0 aliphatic heterocycles. The van der Waals surface area contributed by atoms with Gasteiger partial charge < -0.3 is 10.1 Å². The first kappa shape index (κ1) is 15.9. The number of hydrogen-bond acceptors (Lipinski definition) is 4. The summed E-state index contributed by atoms with van der Waals surface area (Å²) in [7, 11) is 0. The maximum Gasteiger partial charge on any atom is 0.0944 e. The van der Waals surface area contributed by atoms with Crippen molar-refractivity contribution < 1.29 is 4.74 Å². The first-order valence-electron chi connectivity index (χ1n) is 7.98. The van der Waals surface area contributed by atoms with E-state index in [4.69, 9.17) is 4.74 Å². The highest BCUT2D eigenvalue weighted by atomic mass is 32.1. The highest BCUT2D eigenvalue weighted by Crippen LogP contribution is 2.37. The van der Waals surface area contributed by atoms with Crippen LogP contribution >= 0.6 is 11.3 Å². The third kappa shape index (κ3) is 3.80. The van der Waals surface area contributed by atoms with E-state index >= 15 is 0 Å². The topological polar surface area (TPSA) is 34.2 Å². The van der Waals surface area contributed by atoms with Gasteiger partial charge in [0.15, 0.2) is 0 Å². The van der Waals surface area contributed by atoms with E-state index in [1.807, 2.05) is 0 Å². The highest BCUT2D eigenvalue weighted by Gasteiger charge is 2.42. The summed E-state index contributed by atoms with van der Waals surface area (Å²) in [5.74, 6) is 0. The Labute approximate surface area is 127 Å². The van der Waals surface area contributed by atoms with Crippen molar-refractivity contribution >= 4 is 11.3 Å². The second-order valence-corrected chi connectivity index (χ2v) is 6.74. The lowest BCUT2D eigenvalue weighted by molar-refractivity contribution is -0.0612. The van der Waals surface area contributed by atoms with Gasteiger partial charge in [-0.2, -0.15) is 0 Å². The molecular formula is C16H28N2OS. The molecule has 0 amide bonds. The standard InChI is InChI=1S/C16H28N2OS/c1-4-10-17-14(11-15-18-13(3)12-20-15)16(19-5-2)8-6-7-9-16/h12,14,17H,4-11H2,1-3H3. The Balaban J connectivity index is 2.12. The van der Waals surface area contributed by atoms with Crippen molar-refractivity contribution in [2.75, 3.05) is 13.2 Å². The quantitative estimate of drug-likeness (QED) is 0.794. The Morgan fingerprint density at radius 1 is 1.40 bits per heavy atom. The Morgan fingerprint density at radius 3 is 2.70 bits per heavy atom. The Morgan fingerprint density at radius 2 is 2.15 bits per heavy atom. The monoisotopic (exact) mass is 296 g/mol. The number of rotatable bonds is 8. The molecule has 0 aromatic carbocycles. The molecule has 1 aromatic heterocycles. The summed E-state index contributed by atoms with van der Waals surface area (Å²) in [4.78, 5) is 4.64. The first-order valence-corrected chi connectivity index (χ1v) is 8.86. The minimum atomic E-state index is 0.0312. The van der Waals surface area contributed by atoms with Crippen molar-refractivity contribution in [1.82, 2.24) is 10.3 Å². The van der Waals surface area contributed by atoms with Crippen LogP contribution in [0.1, 0.15) is 56.7 Å². The van der Waals surface area contributed by atoms with Gasteiger partial charge >= 0.3 is 0 Å². The maximum atomic E-state index is 6.24. The summed E-state index contributed by atoms with van der Waals surface area (Å²) in [5, 5.41) is 7.12. The van der Waals surface area contributed by atoms with E-state index in [0.717, 1.165) is 31.7 Å². The first-order chi connectivity index (χ1) is 9.70. The second-order valence-electron chi connectivity index (χ2n) is 5.80. The third-order valence-corrected chi connectivity index (χ3v) is 5.19. The van der Waals surface area contributed by atoms with E-state index in [1.165, 1.54) is 30.7 Å². The Bertz CT molecular complexity index is 399. The molecular weight excluding hydrogens is 268 g/mol. The number of aryl methyl sites for hydroxylation is 1. The average molecular weight is 296 g/mol. The second kappa shape index (κ2) is 7.53. The fourth-order valence-corrected chi connectivity index (χ4v) is 4.11. The van der Waals surface area contributed by atoms with Gasteiger partial charge in [0.25, 0.3) is 0 Å². The van der Waals surface area contributed by atoms with Crippen LogP contribution in [0.5, 0.6) is 0 Å². The minimum absolute atomic E-state index is 0.0312. The summed E-state index contributed by atoms with van der Waals surface area (Å²) in [6.07, 6.45) is 7.12. The number of nitrogens with zero attached hydrogens (tertiary/aromatic N) is 1. The maximum absolute atomic E-state index is 6.24. The summed E-state index contributed by atoms with van der Waals surface area (Å²) in [5.41, 5.74) is 1.17. The van der Waals surface area contributed by atoms with Crippen LogP contribution < -0.4 is 5.32 Å². The molecule has 0 saturated heterocycles. The van der Waals surface area contributed by atoms with Crippen LogP contribution in [0.3, 0.4) is 0 Å². The number of nitrogens with one attached hydrogen (secondary N) is 1. The Hall–Kier alpha value is -0.450. The van der Waals surface area contributed by atoms with Crippen LogP contribution in [0.25, 0.3) is 0 Å². The zero-order valence-electron chi connectivity index (χ0n) is 13.1. The SMILES string of the molecule is CCCNC(Cc1nc(C)cs1)C1(OCC)CCCC1. The molecule has 0 spiro atoms. The lowest BCUT2D eigenvalue weighted by Gasteiger charge is -2.38. The largest absolute Gasteiger partial charge is 0.374 e. The van der Waals surface area contributed by atoms with E-state index in [-0.39, 0.29) is 5.60 Å². The third-order valence-electron chi connectivity index (χ3n) is 4.20. The zero-order chi connectivity index (χ0) is 14.4. The van der Waals surface area contributed by atoms with Gasteiger partial charge in [0.1, 0.15) is 0 Å². The molecule has 3 nitrogen and oxygen atoms in total. The fourth-order valence-electron chi connectivity index (χ4n) is 3.29. The Kier molecular flexibility index (Phi) is 6.00. The van der Waals surface area contributed by atoms with Crippen molar-refractivity contribution in [3.8, 4) is 0 Å². The van der Waals surface area contributed by atoms with Gasteiger partial charge in [-0.15, -0.1) is 11.3 Å². The zero-order valence-corrected chi connectivity index (χ0v) is 13.9. The molecule has 0 bridgehead atoms. The molecule has 2 rings (SSSR count). The van der Waals surface area contributed by atoms with Crippen LogP contribution in [-0.4, -0.2) is 29.8 Å². The number of thiazole rings is 1. The van der Waals surface area contributed by atoms with Gasteiger partial charge in [0, 0.05) is 30.1 Å². The van der Waals surface area contributed by atoms with Gasteiger partial charge in [-0.25, -0.2) is 4.98 Å². The normalized spacial score (nSPS) is 19.4. The van der Waals surface area contributed by atoms with E-state index in [9.17, 15) is 0 Å². The van der Waals surface area contributed by atoms with Gasteiger partial charge in [0.2, 0.25) is 0 Å². The van der Waals surface area contributed by atoms with E-state index in [2.05, 4.69) is 36.5 Å². The summed E-state index contributed by atoms with van der Waals surface area (Å²) in [6.45, 7) is 8.28. The molecule has 1 saturated carbocycles. The number of hydrogen-bond donors (Lipinski definition) is 1. The molecule has 4 heteroatoms. The van der Waals surface area contributed by atoms with Gasteiger partial charge in [-0.1, -0.05) is 19.8 Å². The minimum Gasteiger partial charge on any atom is -0.374 e. The molecule has 1 aromatic rings.